The third-order valence-corrected chi connectivity index (χ3v) is 5.49. The van der Waals surface area contributed by atoms with Crippen LogP contribution in [0.3, 0.4) is 0 Å². The van der Waals surface area contributed by atoms with Gasteiger partial charge in [-0.2, -0.15) is 15.2 Å². The molecular formula is C23H19ClN4O3. The van der Waals surface area contributed by atoms with Crippen molar-refractivity contribution >= 4 is 41.0 Å². The minimum Gasteiger partial charge on any atom is -0.478 e. The number of carboxylic acid groups (broad SMARTS) is 1. The maximum absolute atomic E-state index is 13.0. The molecule has 0 atom stereocenters. The molecule has 0 saturated carbocycles. The summed E-state index contributed by atoms with van der Waals surface area (Å²) in [5.41, 5.74) is 5.23. The molecule has 7 nitrogen and oxygen atoms in total. The number of hydrogen-bond donors (Lipinski definition) is 1. The number of anilines is 1. The molecular weight excluding hydrogens is 416 g/mol. The Morgan fingerprint density at radius 3 is 2.52 bits per heavy atom. The topological polar surface area (TPSA) is 87.8 Å². The standard InChI is InChI=1S/C23H19ClN4O3/c1-13-4-5-17(8-14(13)2)27-12-16(11-25-27)9-19-15(3)26-28(22(19)29)18-6-7-21(24)20(10-18)23(30)31/h4-12H,1-3H3,(H,30,31). The van der Waals surface area contributed by atoms with Crippen LogP contribution >= 0.6 is 11.6 Å². The van der Waals surface area contributed by atoms with Gasteiger partial charge in [-0.25, -0.2) is 9.48 Å². The Balaban J connectivity index is 1.63. The summed E-state index contributed by atoms with van der Waals surface area (Å²) in [6.45, 7) is 5.83. The van der Waals surface area contributed by atoms with Gasteiger partial charge in [0.25, 0.3) is 5.91 Å². The highest BCUT2D eigenvalue weighted by Crippen LogP contribution is 2.28. The molecule has 0 radical (unpaired) electrons. The van der Waals surface area contributed by atoms with E-state index in [1.807, 2.05) is 25.3 Å². The monoisotopic (exact) mass is 434 g/mol. The Morgan fingerprint density at radius 1 is 1.06 bits per heavy atom. The Hall–Kier alpha value is -3.71. The molecule has 3 aromatic rings. The summed E-state index contributed by atoms with van der Waals surface area (Å²) in [4.78, 5) is 24.3. The van der Waals surface area contributed by atoms with Crippen LogP contribution in [0.1, 0.15) is 34.0 Å². The highest BCUT2D eigenvalue weighted by Gasteiger charge is 2.29. The first-order valence-electron chi connectivity index (χ1n) is 9.51. The number of nitrogens with zero attached hydrogens (tertiary/aromatic N) is 4. The Bertz CT molecular complexity index is 1290. The van der Waals surface area contributed by atoms with Crippen molar-refractivity contribution in [2.45, 2.75) is 20.8 Å². The smallest absolute Gasteiger partial charge is 0.337 e. The molecule has 1 aromatic heterocycles. The highest BCUT2D eigenvalue weighted by molar-refractivity contribution is 6.34. The van der Waals surface area contributed by atoms with Crippen molar-refractivity contribution in [3.8, 4) is 5.69 Å². The average Bonchev–Trinajstić information content (AvgIpc) is 3.30. The van der Waals surface area contributed by atoms with Crippen molar-refractivity contribution in [1.29, 1.82) is 0 Å². The van der Waals surface area contributed by atoms with E-state index in [1.165, 1.54) is 28.3 Å². The number of amides is 1. The van der Waals surface area contributed by atoms with Crippen LogP contribution in [0.4, 0.5) is 5.69 Å². The Kier molecular flexibility index (Phi) is 5.20. The van der Waals surface area contributed by atoms with E-state index in [9.17, 15) is 14.7 Å². The molecule has 1 aliphatic rings. The van der Waals surface area contributed by atoms with Gasteiger partial charge in [-0.05, 0) is 68.3 Å². The number of carbonyl (C=O) groups is 2. The maximum atomic E-state index is 13.0. The quantitative estimate of drug-likeness (QED) is 0.605. The second kappa shape index (κ2) is 7.85. The molecule has 0 aliphatic carbocycles. The zero-order valence-electron chi connectivity index (χ0n) is 17.1. The van der Waals surface area contributed by atoms with Crippen molar-refractivity contribution in [3.63, 3.8) is 0 Å². The maximum Gasteiger partial charge on any atom is 0.337 e. The van der Waals surface area contributed by atoms with Crippen LogP contribution in [0.5, 0.6) is 0 Å². The lowest BCUT2D eigenvalue weighted by Gasteiger charge is -2.12. The molecule has 2 heterocycles. The van der Waals surface area contributed by atoms with Crippen LogP contribution in [-0.2, 0) is 4.79 Å². The molecule has 8 heteroatoms. The molecule has 1 aliphatic heterocycles. The Labute approximate surface area is 183 Å². The molecule has 1 amide bonds. The van der Waals surface area contributed by atoms with Gasteiger partial charge in [0.1, 0.15) is 0 Å². The summed E-state index contributed by atoms with van der Waals surface area (Å²) < 4.78 is 1.75. The fraction of sp³-hybridized carbons (Fsp3) is 0.130. The number of aromatic nitrogens is 2. The van der Waals surface area contributed by atoms with Gasteiger partial charge in [0, 0.05) is 11.8 Å². The van der Waals surface area contributed by atoms with Gasteiger partial charge in [-0.1, -0.05) is 17.7 Å². The SMILES string of the molecule is CC1=NN(c2ccc(Cl)c(C(=O)O)c2)C(=O)C1=Cc1cnn(-c2ccc(C)c(C)c2)c1. The van der Waals surface area contributed by atoms with Gasteiger partial charge in [-0.15, -0.1) is 0 Å². The van der Waals surface area contributed by atoms with Crippen molar-refractivity contribution in [1.82, 2.24) is 9.78 Å². The summed E-state index contributed by atoms with van der Waals surface area (Å²) in [5, 5.41) is 19.3. The molecule has 4 rings (SSSR count). The minimum absolute atomic E-state index is 0.0908. The summed E-state index contributed by atoms with van der Waals surface area (Å²) in [5.74, 6) is -1.52. The van der Waals surface area contributed by atoms with Crippen LogP contribution < -0.4 is 5.01 Å². The van der Waals surface area contributed by atoms with E-state index >= 15 is 0 Å². The lowest BCUT2D eigenvalue weighted by molar-refractivity contribution is -0.114. The third kappa shape index (κ3) is 3.87. The number of carboxylic acids is 1. The zero-order valence-corrected chi connectivity index (χ0v) is 17.9. The number of aromatic carboxylic acids is 1. The van der Waals surface area contributed by atoms with Gasteiger partial charge >= 0.3 is 5.97 Å². The van der Waals surface area contributed by atoms with Crippen LogP contribution in [0.2, 0.25) is 5.02 Å². The Morgan fingerprint density at radius 2 is 1.81 bits per heavy atom. The van der Waals surface area contributed by atoms with Crippen LogP contribution in [0, 0.1) is 13.8 Å². The van der Waals surface area contributed by atoms with Crippen molar-refractivity contribution < 1.29 is 14.7 Å². The summed E-state index contributed by atoms with van der Waals surface area (Å²) in [6, 6.07) is 10.4. The number of benzene rings is 2. The molecule has 0 unspecified atom stereocenters. The molecule has 1 N–H and O–H groups in total. The average molecular weight is 435 g/mol. The number of halogens is 1. The number of aryl methyl sites for hydroxylation is 2. The predicted molar refractivity (Wildman–Crippen MR) is 120 cm³/mol. The molecule has 2 aromatic carbocycles. The number of rotatable bonds is 4. The van der Waals surface area contributed by atoms with Gasteiger partial charge in [0.15, 0.2) is 0 Å². The fourth-order valence-corrected chi connectivity index (χ4v) is 3.45. The van der Waals surface area contributed by atoms with Crippen molar-refractivity contribution in [3.05, 3.63) is 81.6 Å². The van der Waals surface area contributed by atoms with E-state index in [0.717, 1.165) is 11.3 Å². The van der Waals surface area contributed by atoms with Crippen LogP contribution in [0.25, 0.3) is 11.8 Å². The van der Waals surface area contributed by atoms with E-state index < -0.39 is 5.97 Å². The van der Waals surface area contributed by atoms with Crippen LogP contribution in [0.15, 0.2) is 59.5 Å². The molecule has 31 heavy (non-hydrogen) atoms. The number of carbonyl (C=O) groups excluding carboxylic acids is 1. The predicted octanol–water partition coefficient (Wildman–Crippen LogP) is 4.65. The fourth-order valence-electron chi connectivity index (χ4n) is 3.26. The lowest BCUT2D eigenvalue weighted by atomic mass is 10.1. The van der Waals surface area contributed by atoms with E-state index in [4.69, 9.17) is 11.6 Å². The van der Waals surface area contributed by atoms with Gasteiger partial charge in [0.05, 0.1) is 39.4 Å². The summed E-state index contributed by atoms with van der Waals surface area (Å²) >= 11 is 5.93. The van der Waals surface area contributed by atoms with E-state index in [2.05, 4.69) is 23.2 Å². The van der Waals surface area contributed by atoms with E-state index in [0.29, 0.717) is 17.0 Å². The molecule has 0 bridgehead atoms. The molecule has 0 spiro atoms. The second-order valence-corrected chi connectivity index (χ2v) is 7.72. The first-order valence-corrected chi connectivity index (χ1v) is 9.89. The second-order valence-electron chi connectivity index (χ2n) is 7.32. The highest BCUT2D eigenvalue weighted by atomic mass is 35.5. The summed E-state index contributed by atoms with van der Waals surface area (Å²) in [6.07, 6.45) is 5.24. The normalized spacial score (nSPS) is 15.0. The minimum atomic E-state index is -1.17. The first-order chi connectivity index (χ1) is 14.7. The van der Waals surface area contributed by atoms with Crippen molar-refractivity contribution in [2.75, 3.05) is 5.01 Å². The van der Waals surface area contributed by atoms with Gasteiger partial charge < -0.3 is 5.11 Å². The van der Waals surface area contributed by atoms with Gasteiger partial charge in [0.2, 0.25) is 0 Å². The molecule has 0 fully saturated rings. The van der Waals surface area contributed by atoms with Crippen LogP contribution in [-0.4, -0.2) is 32.5 Å². The summed E-state index contributed by atoms with van der Waals surface area (Å²) in [7, 11) is 0. The number of hydrazone groups is 1. The van der Waals surface area contributed by atoms with Gasteiger partial charge in [-0.3, -0.25) is 4.79 Å². The molecule has 0 saturated heterocycles. The third-order valence-electron chi connectivity index (χ3n) is 5.16. The van der Waals surface area contributed by atoms with Crippen molar-refractivity contribution in [2.24, 2.45) is 5.10 Å². The first kappa shape index (κ1) is 20.6. The lowest BCUT2D eigenvalue weighted by Crippen LogP contribution is -2.21. The number of hydrogen-bond acceptors (Lipinski definition) is 4. The zero-order chi connectivity index (χ0) is 22.3. The molecule has 156 valence electrons. The van der Waals surface area contributed by atoms with E-state index in [1.54, 1.807) is 29.9 Å². The largest absolute Gasteiger partial charge is 0.478 e. The van der Waals surface area contributed by atoms with E-state index in [-0.39, 0.29) is 16.5 Å².